The normalized spacial score (nSPS) is 15.9. The Kier molecular flexibility index (Phi) is 7.15. The summed E-state index contributed by atoms with van der Waals surface area (Å²) in [5.41, 5.74) is 0.524. The minimum absolute atomic E-state index is 0.0218. The van der Waals surface area contributed by atoms with Gasteiger partial charge in [0, 0.05) is 32.7 Å². The van der Waals surface area contributed by atoms with Crippen LogP contribution in [0.25, 0.3) is 0 Å². The maximum atomic E-state index is 12.9. The average molecular weight is 432 g/mol. The van der Waals surface area contributed by atoms with E-state index in [0.717, 1.165) is 6.07 Å². The number of hydrogen-bond acceptors (Lipinski definition) is 8. The Balaban J connectivity index is 2.11. The van der Waals surface area contributed by atoms with E-state index >= 15 is 0 Å². The Morgan fingerprint density at radius 3 is 2.28 bits per heavy atom. The van der Waals surface area contributed by atoms with Crippen LogP contribution in [-0.2, 0) is 21.8 Å². The molecule has 12 heteroatoms. The van der Waals surface area contributed by atoms with Gasteiger partial charge in [-0.1, -0.05) is 3.89 Å². The van der Waals surface area contributed by atoms with Crippen LogP contribution < -0.4 is 9.65 Å². The fourth-order valence-corrected chi connectivity index (χ4v) is 3.35. The zero-order chi connectivity index (χ0) is 22.0. The maximum absolute atomic E-state index is 12.9. The Hall–Kier alpha value is -1.89. The zero-order valence-corrected chi connectivity index (χ0v) is 17.7. The van der Waals surface area contributed by atoms with Crippen LogP contribution in [0.1, 0.15) is 31.9 Å². The number of carbonyl (C=O) groups excluding carboxylic acids is 1. The van der Waals surface area contributed by atoms with Crippen LogP contribution in [0.15, 0.2) is 12.1 Å². The molecule has 1 heterocycles. The summed E-state index contributed by atoms with van der Waals surface area (Å²) in [6.07, 6.45) is -0.387. The second kappa shape index (κ2) is 8.86. The second-order valence-electron chi connectivity index (χ2n) is 7.89. The quantitative estimate of drug-likeness (QED) is 0.505. The van der Waals surface area contributed by atoms with Crippen LogP contribution in [0.5, 0.6) is 5.75 Å². The lowest BCUT2D eigenvalue weighted by atomic mass is 9.76. The molecule has 1 aliphatic heterocycles. The molecule has 1 fully saturated rings. The molecule has 9 nitrogen and oxygen atoms in total. The van der Waals surface area contributed by atoms with Gasteiger partial charge in [0.2, 0.25) is 0 Å². The first kappa shape index (κ1) is 23.4. The first-order valence-electron chi connectivity index (χ1n) is 9.09. The molecule has 0 spiro atoms. The first-order valence-corrected chi connectivity index (χ1v) is 10.4. The average Bonchev–Trinajstić information content (AvgIpc) is 2.55. The van der Waals surface area contributed by atoms with Gasteiger partial charge in [-0.15, -0.1) is 0 Å². The highest BCUT2D eigenvalue weighted by Gasteiger charge is 2.27. The number of rotatable bonds is 5. The Morgan fingerprint density at radius 1 is 1.21 bits per heavy atom. The van der Waals surface area contributed by atoms with Gasteiger partial charge in [-0.05, 0) is 56.4 Å². The van der Waals surface area contributed by atoms with E-state index in [-0.39, 0.29) is 17.3 Å². The predicted octanol–water partition coefficient (Wildman–Crippen LogP) is 0.321. The molecule has 0 aromatic heterocycles. The molecule has 2 rings (SSSR count). The predicted molar refractivity (Wildman–Crippen MR) is 105 cm³/mol. The van der Waals surface area contributed by atoms with Crippen molar-refractivity contribution in [1.82, 2.24) is 9.80 Å². The summed E-state index contributed by atoms with van der Waals surface area (Å²) in [5.74, 6) is -0.344. The van der Waals surface area contributed by atoms with Gasteiger partial charge in [0.15, 0.2) is 0 Å². The molecule has 2 N–H and O–H groups in total. The van der Waals surface area contributed by atoms with Crippen molar-refractivity contribution in [2.75, 3.05) is 26.2 Å². The summed E-state index contributed by atoms with van der Waals surface area (Å²) in [6.45, 7) is 9.31. The standard InChI is InChI=1S/C17H26BFN2O7S/c1-12-13(9-14(28-29(19,25)26)10-15(12)18(23)24)11-20-5-7-21(8-6-20)16(22)27-17(2,3)4/h9-10,23-24H,5-8,11H2,1-4H3. The highest BCUT2D eigenvalue weighted by molar-refractivity contribution is 7.81. The minimum atomic E-state index is -5.25. The smallest absolute Gasteiger partial charge is 0.444 e. The van der Waals surface area contributed by atoms with E-state index in [1.807, 2.05) is 4.90 Å². The van der Waals surface area contributed by atoms with Crippen LogP contribution in [0.3, 0.4) is 0 Å². The summed E-state index contributed by atoms with van der Waals surface area (Å²) in [4.78, 5) is 15.8. The third-order valence-corrected chi connectivity index (χ3v) is 4.81. The molecular weight excluding hydrogens is 406 g/mol. The minimum Gasteiger partial charge on any atom is -0.444 e. The fraction of sp³-hybridized carbons (Fsp3) is 0.588. The Labute approximate surface area is 170 Å². The highest BCUT2D eigenvalue weighted by atomic mass is 32.3. The van der Waals surface area contributed by atoms with Gasteiger partial charge in [0.25, 0.3) is 0 Å². The summed E-state index contributed by atoms with van der Waals surface area (Å²) >= 11 is 0. The molecule has 0 unspecified atom stereocenters. The van der Waals surface area contributed by atoms with Crippen LogP contribution in [-0.4, -0.2) is 73.3 Å². The van der Waals surface area contributed by atoms with Crippen molar-refractivity contribution >= 4 is 29.2 Å². The van der Waals surface area contributed by atoms with Crippen molar-refractivity contribution in [3.63, 3.8) is 0 Å². The molecule has 0 bridgehead atoms. The number of piperazine rings is 1. The molecule has 1 saturated heterocycles. The monoisotopic (exact) mass is 432 g/mol. The summed E-state index contributed by atoms with van der Waals surface area (Å²) in [5, 5.41) is 19.1. The topological polar surface area (TPSA) is 117 Å². The van der Waals surface area contributed by atoms with Crippen LogP contribution in [0, 0.1) is 6.92 Å². The second-order valence-corrected chi connectivity index (χ2v) is 8.84. The molecule has 1 aliphatic rings. The van der Waals surface area contributed by atoms with Crippen molar-refractivity contribution in [3.05, 3.63) is 23.3 Å². The van der Waals surface area contributed by atoms with E-state index in [0.29, 0.717) is 43.9 Å². The molecule has 1 aromatic rings. The molecule has 0 aliphatic carbocycles. The van der Waals surface area contributed by atoms with Gasteiger partial charge in [-0.25, -0.2) is 4.79 Å². The van der Waals surface area contributed by atoms with Crippen molar-refractivity contribution in [3.8, 4) is 5.75 Å². The van der Waals surface area contributed by atoms with Gasteiger partial charge < -0.3 is 23.9 Å². The molecule has 0 radical (unpaired) electrons. The van der Waals surface area contributed by atoms with Crippen molar-refractivity contribution < 1.29 is 36.1 Å². The summed E-state index contributed by atoms with van der Waals surface area (Å²) < 4.78 is 44.1. The molecule has 162 valence electrons. The molecule has 0 saturated carbocycles. The number of hydrogen-bond donors (Lipinski definition) is 2. The molecular formula is C17H26BFN2O7S. The maximum Gasteiger partial charge on any atom is 0.488 e. The van der Waals surface area contributed by atoms with Gasteiger partial charge in [-0.2, -0.15) is 8.42 Å². The van der Waals surface area contributed by atoms with Gasteiger partial charge in [0.05, 0.1) is 0 Å². The SMILES string of the molecule is Cc1c(CN2CCN(C(=O)OC(C)(C)C)CC2)cc(OS(=O)(=O)F)cc1B(O)O. The summed E-state index contributed by atoms with van der Waals surface area (Å²) in [6, 6.07) is 2.42. The van der Waals surface area contributed by atoms with E-state index in [2.05, 4.69) is 4.18 Å². The van der Waals surface area contributed by atoms with Crippen molar-refractivity contribution in [1.29, 1.82) is 0 Å². The van der Waals surface area contributed by atoms with Crippen LogP contribution in [0.4, 0.5) is 8.68 Å². The number of carbonyl (C=O) groups is 1. The van der Waals surface area contributed by atoms with E-state index < -0.39 is 23.2 Å². The largest absolute Gasteiger partial charge is 0.488 e. The third-order valence-electron chi connectivity index (χ3n) is 4.42. The highest BCUT2D eigenvalue weighted by Crippen LogP contribution is 2.21. The van der Waals surface area contributed by atoms with E-state index in [9.17, 15) is 27.1 Å². The van der Waals surface area contributed by atoms with Crippen LogP contribution >= 0.6 is 0 Å². The van der Waals surface area contributed by atoms with Crippen LogP contribution in [0.2, 0.25) is 0 Å². The zero-order valence-electron chi connectivity index (χ0n) is 16.9. The van der Waals surface area contributed by atoms with E-state index in [4.69, 9.17) is 4.74 Å². The van der Waals surface area contributed by atoms with Gasteiger partial charge in [-0.3, -0.25) is 4.90 Å². The fourth-order valence-electron chi connectivity index (χ4n) is 3.02. The van der Waals surface area contributed by atoms with Crippen molar-refractivity contribution in [2.45, 2.75) is 39.8 Å². The van der Waals surface area contributed by atoms with E-state index in [1.165, 1.54) is 6.07 Å². The Morgan fingerprint density at radius 2 is 1.79 bits per heavy atom. The van der Waals surface area contributed by atoms with E-state index in [1.54, 1.807) is 32.6 Å². The van der Waals surface area contributed by atoms with Crippen molar-refractivity contribution in [2.24, 2.45) is 0 Å². The van der Waals surface area contributed by atoms with Gasteiger partial charge >= 0.3 is 23.7 Å². The number of amides is 1. The van der Waals surface area contributed by atoms with Gasteiger partial charge in [0.1, 0.15) is 11.4 Å². The molecule has 29 heavy (non-hydrogen) atoms. The number of halogens is 1. The molecule has 1 aromatic carbocycles. The molecule has 1 amide bonds. The lowest BCUT2D eigenvalue weighted by Crippen LogP contribution is -2.49. The molecule has 0 atom stereocenters. The Bertz CT molecular complexity index is 850. The lowest BCUT2D eigenvalue weighted by molar-refractivity contribution is 0.0139. The number of ether oxygens (including phenoxy) is 1. The third kappa shape index (κ3) is 7.14. The number of nitrogens with zero attached hydrogens (tertiary/aromatic N) is 2. The summed E-state index contributed by atoms with van der Waals surface area (Å²) in [7, 11) is -7.12. The first-order chi connectivity index (χ1) is 13.2. The lowest BCUT2D eigenvalue weighted by Gasteiger charge is -2.36. The number of benzene rings is 1.